The highest BCUT2D eigenvalue weighted by Crippen LogP contribution is 2.31. The van der Waals surface area contributed by atoms with Crippen LogP contribution >= 0.6 is 0 Å². The van der Waals surface area contributed by atoms with Crippen molar-refractivity contribution in [1.29, 1.82) is 0 Å². The SMILES string of the molecule is CC(C)(C)C(=O)CC(CC(=O)C(C)(C)C)c1ccccc1. The number of ketones is 2. The van der Waals surface area contributed by atoms with Crippen LogP contribution in [0.4, 0.5) is 0 Å². The summed E-state index contributed by atoms with van der Waals surface area (Å²) >= 11 is 0. The van der Waals surface area contributed by atoms with Gasteiger partial charge in [-0.05, 0) is 11.5 Å². The van der Waals surface area contributed by atoms with Gasteiger partial charge in [-0.15, -0.1) is 0 Å². The van der Waals surface area contributed by atoms with Crippen LogP contribution in [0.2, 0.25) is 0 Å². The second-order valence-corrected chi connectivity index (χ2v) is 7.86. The summed E-state index contributed by atoms with van der Waals surface area (Å²) in [7, 11) is 0. The van der Waals surface area contributed by atoms with Crippen molar-refractivity contribution < 1.29 is 9.59 Å². The molecule has 0 aromatic heterocycles. The minimum absolute atomic E-state index is 0.0235. The van der Waals surface area contributed by atoms with Crippen LogP contribution in [0.1, 0.15) is 65.9 Å². The summed E-state index contributed by atoms with van der Waals surface area (Å²) in [5, 5.41) is 0. The van der Waals surface area contributed by atoms with Crippen LogP contribution in [0.25, 0.3) is 0 Å². The van der Waals surface area contributed by atoms with Crippen molar-refractivity contribution in [2.45, 2.75) is 60.3 Å². The van der Waals surface area contributed by atoms with E-state index in [1.165, 1.54) is 0 Å². The van der Waals surface area contributed by atoms with E-state index in [1.54, 1.807) is 0 Å². The quantitative estimate of drug-likeness (QED) is 0.781. The maximum Gasteiger partial charge on any atom is 0.138 e. The fraction of sp³-hybridized carbons (Fsp3) is 0.579. The van der Waals surface area contributed by atoms with Gasteiger partial charge in [-0.2, -0.15) is 0 Å². The van der Waals surface area contributed by atoms with Crippen LogP contribution in [0.3, 0.4) is 0 Å². The van der Waals surface area contributed by atoms with Crippen LogP contribution in [-0.4, -0.2) is 11.6 Å². The van der Waals surface area contributed by atoms with Crippen LogP contribution < -0.4 is 0 Å². The molecule has 0 aliphatic rings. The zero-order valence-corrected chi connectivity index (χ0v) is 14.2. The van der Waals surface area contributed by atoms with Crippen LogP contribution in [0.15, 0.2) is 30.3 Å². The molecule has 1 rings (SSSR count). The first-order valence-corrected chi connectivity index (χ1v) is 7.63. The highest BCUT2D eigenvalue weighted by molar-refractivity contribution is 5.87. The molecule has 116 valence electrons. The van der Waals surface area contributed by atoms with E-state index in [-0.39, 0.29) is 28.3 Å². The maximum absolute atomic E-state index is 12.4. The summed E-state index contributed by atoms with van der Waals surface area (Å²) in [4.78, 5) is 24.7. The van der Waals surface area contributed by atoms with E-state index in [0.29, 0.717) is 12.8 Å². The Morgan fingerprint density at radius 3 is 1.52 bits per heavy atom. The maximum atomic E-state index is 12.4. The van der Waals surface area contributed by atoms with Gasteiger partial charge in [-0.1, -0.05) is 71.9 Å². The Morgan fingerprint density at radius 2 is 1.19 bits per heavy atom. The zero-order chi connectivity index (χ0) is 16.3. The number of carbonyl (C=O) groups is 2. The second kappa shape index (κ2) is 6.55. The molecule has 1 aromatic carbocycles. The lowest BCUT2D eigenvalue weighted by Gasteiger charge is -2.25. The molecule has 2 nitrogen and oxygen atoms in total. The van der Waals surface area contributed by atoms with E-state index >= 15 is 0 Å². The van der Waals surface area contributed by atoms with Crippen LogP contribution in [0, 0.1) is 10.8 Å². The van der Waals surface area contributed by atoms with Gasteiger partial charge >= 0.3 is 0 Å². The number of benzene rings is 1. The minimum atomic E-state index is -0.363. The van der Waals surface area contributed by atoms with Crippen molar-refractivity contribution in [3.8, 4) is 0 Å². The molecule has 0 unspecified atom stereocenters. The lowest BCUT2D eigenvalue weighted by Crippen LogP contribution is -2.26. The van der Waals surface area contributed by atoms with Crippen molar-refractivity contribution in [3.05, 3.63) is 35.9 Å². The number of carbonyl (C=O) groups excluding carboxylic acids is 2. The average molecular weight is 288 g/mol. The van der Waals surface area contributed by atoms with E-state index in [1.807, 2.05) is 71.9 Å². The van der Waals surface area contributed by atoms with Crippen LogP contribution in [-0.2, 0) is 9.59 Å². The molecule has 21 heavy (non-hydrogen) atoms. The molecule has 0 saturated carbocycles. The van der Waals surface area contributed by atoms with Gasteiger partial charge in [0, 0.05) is 23.7 Å². The first-order chi connectivity index (χ1) is 9.51. The average Bonchev–Trinajstić information content (AvgIpc) is 2.36. The van der Waals surface area contributed by atoms with E-state index < -0.39 is 0 Å². The summed E-state index contributed by atoms with van der Waals surface area (Å²) < 4.78 is 0. The molecule has 0 fully saturated rings. The largest absolute Gasteiger partial charge is 0.299 e. The number of hydrogen-bond acceptors (Lipinski definition) is 2. The van der Waals surface area contributed by atoms with Gasteiger partial charge in [0.25, 0.3) is 0 Å². The number of hydrogen-bond donors (Lipinski definition) is 0. The molecule has 0 N–H and O–H groups in total. The normalized spacial score (nSPS) is 12.5. The fourth-order valence-corrected chi connectivity index (χ4v) is 2.09. The zero-order valence-electron chi connectivity index (χ0n) is 14.2. The Bertz CT molecular complexity index is 459. The topological polar surface area (TPSA) is 34.1 Å². The van der Waals surface area contributed by atoms with E-state index in [4.69, 9.17) is 0 Å². The third kappa shape index (κ3) is 5.45. The molecular weight excluding hydrogens is 260 g/mol. The standard InChI is InChI=1S/C19H28O2/c1-18(2,3)16(20)12-15(13-17(21)19(4,5)6)14-10-8-7-9-11-14/h7-11,15H,12-13H2,1-6H3. The van der Waals surface area contributed by atoms with Crippen molar-refractivity contribution in [2.24, 2.45) is 10.8 Å². The molecule has 0 aliphatic heterocycles. The Hall–Kier alpha value is -1.44. The van der Waals surface area contributed by atoms with Gasteiger partial charge in [-0.25, -0.2) is 0 Å². The summed E-state index contributed by atoms with van der Waals surface area (Å²) in [5.41, 5.74) is 0.350. The predicted molar refractivity (Wildman–Crippen MR) is 87.3 cm³/mol. The van der Waals surface area contributed by atoms with Crippen molar-refractivity contribution in [2.75, 3.05) is 0 Å². The highest BCUT2D eigenvalue weighted by Gasteiger charge is 2.29. The molecule has 0 aliphatic carbocycles. The van der Waals surface area contributed by atoms with Crippen molar-refractivity contribution >= 4 is 11.6 Å². The molecule has 0 amide bonds. The van der Waals surface area contributed by atoms with E-state index in [2.05, 4.69) is 0 Å². The fourth-order valence-electron chi connectivity index (χ4n) is 2.09. The monoisotopic (exact) mass is 288 g/mol. The van der Waals surface area contributed by atoms with Gasteiger partial charge in [0.2, 0.25) is 0 Å². The van der Waals surface area contributed by atoms with Crippen molar-refractivity contribution in [3.63, 3.8) is 0 Å². The molecule has 0 saturated heterocycles. The van der Waals surface area contributed by atoms with Gasteiger partial charge in [-0.3, -0.25) is 9.59 Å². The smallest absolute Gasteiger partial charge is 0.138 e. The highest BCUT2D eigenvalue weighted by atomic mass is 16.1. The molecule has 0 radical (unpaired) electrons. The first-order valence-electron chi connectivity index (χ1n) is 7.63. The van der Waals surface area contributed by atoms with Gasteiger partial charge in [0.15, 0.2) is 0 Å². The third-order valence-electron chi connectivity index (χ3n) is 3.81. The second-order valence-electron chi connectivity index (χ2n) is 7.86. The minimum Gasteiger partial charge on any atom is -0.299 e. The summed E-state index contributed by atoms with van der Waals surface area (Å²) in [6, 6.07) is 9.90. The Labute approximate surface area is 128 Å². The number of rotatable bonds is 5. The van der Waals surface area contributed by atoms with Crippen molar-refractivity contribution in [1.82, 2.24) is 0 Å². The molecule has 0 spiro atoms. The molecule has 0 bridgehead atoms. The Balaban J connectivity index is 2.97. The van der Waals surface area contributed by atoms with E-state index in [0.717, 1.165) is 5.56 Å². The first kappa shape index (κ1) is 17.6. The summed E-state index contributed by atoms with van der Waals surface area (Å²) in [6.07, 6.45) is 0.852. The summed E-state index contributed by atoms with van der Waals surface area (Å²) in [5.74, 6) is 0.390. The van der Waals surface area contributed by atoms with Gasteiger partial charge in [0.05, 0.1) is 0 Å². The molecule has 0 atom stereocenters. The third-order valence-corrected chi connectivity index (χ3v) is 3.81. The van der Waals surface area contributed by atoms with Gasteiger partial charge < -0.3 is 0 Å². The lowest BCUT2D eigenvalue weighted by molar-refractivity contribution is -0.128. The Morgan fingerprint density at radius 1 is 0.810 bits per heavy atom. The predicted octanol–water partition coefficient (Wildman–Crippen LogP) is 4.78. The lowest BCUT2D eigenvalue weighted by atomic mass is 9.78. The molecular formula is C19H28O2. The summed E-state index contributed by atoms with van der Waals surface area (Å²) in [6.45, 7) is 11.6. The van der Waals surface area contributed by atoms with E-state index in [9.17, 15) is 9.59 Å². The Kier molecular flexibility index (Phi) is 5.49. The van der Waals surface area contributed by atoms with Crippen LogP contribution in [0.5, 0.6) is 0 Å². The molecule has 1 aromatic rings. The molecule has 0 heterocycles. The van der Waals surface area contributed by atoms with Gasteiger partial charge in [0.1, 0.15) is 11.6 Å². The number of Topliss-reactive ketones (excluding diaryl/α,β-unsaturated/α-hetero) is 2. The molecule has 2 heteroatoms.